The van der Waals surface area contributed by atoms with E-state index in [-0.39, 0.29) is 11.9 Å². The van der Waals surface area contributed by atoms with Crippen molar-refractivity contribution in [2.75, 3.05) is 32.2 Å². The van der Waals surface area contributed by atoms with Gasteiger partial charge in [0.1, 0.15) is 11.8 Å². The molecule has 0 bridgehead atoms. The molecule has 1 fully saturated rings. The zero-order valence-corrected chi connectivity index (χ0v) is 9.73. The molecule has 0 spiro atoms. The van der Waals surface area contributed by atoms with Crippen LogP contribution in [0.15, 0.2) is 24.3 Å². The van der Waals surface area contributed by atoms with Gasteiger partial charge in [-0.3, -0.25) is 4.79 Å². The van der Waals surface area contributed by atoms with Crippen LogP contribution in [0, 0.1) is 0 Å². The molecule has 1 aliphatic rings. The highest BCUT2D eigenvalue weighted by molar-refractivity contribution is 5.96. The molecule has 2 N–H and O–H groups in total. The molecule has 0 aliphatic carbocycles. The van der Waals surface area contributed by atoms with Crippen LogP contribution in [0.2, 0.25) is 0 Å². The average molecular weight is 236 g/mol. The molecule has 0 aromatic heterocycles. The fraction of sp³-hybridized carbons (Fsp3) is 0.417. The summed E-state index contributed by atoms with van der Waals surface area (Å²) in [7, 11) is 1.58. The first-order valence-electron chi connectivity index (χ1n) is 5.56. The van der Waals surface area contributed by atoms with E-state index in [2.05, 4.69) is 10.6 Å². The molecule has 0 saturated carbocycles. The van der Waals surface area contributed by atoms with Crippen LogP contribution >= 0.6 is 0 Å². The summed E-state index contributed by atoms with van der Waals surface area (Å²) in [6.45, 7) is 1.75. The number of anilines is 1. The number of benzene rings is 1. The summed E-state index contributed by atoms with van der Waals surface area (Å²) in [4.78, 5) is 11.9. The van der Waals surface area contributed by atoms with Gasteiger partial charge in [0.2, 0.25) is 5.91 Å². The Hall–Kier alpha value is -1.59. The number of carbonyl (C=O) groups is 1. The van der Waals surface area contributed by atoms with Gasteiger partial charge < -0.3 is 20.1 Å². The molecule has 1 aromatic carbocycles. The van der Waals surface area contributed by atoms with Crippen LogP contribution in [0.3, 0.4) is 0 Å². The summed E-state index contributed by atoms with van der Waals surface area (Å²) >= 11 is 0. The van der Waals surface area contributed by atoms with Crippen LogP contribution in [0.5, 0.6) is 5.75 Å². The van der Waals surface area contributed by atoms with Crippen molar-refractivity contribution < 1.29 is 14.3 Å². The highest BCUT2D eigenvalue weighted by Crippen LogP contribution is 2.23. The number of carbonyl (C=O) groups excluding carboxylic acids is 1. The molecule has 0 unspecified atom stereocenters. The van der Waals surface area contributed by atoms with Crippen LogP contribution < -0.4 is 15.4 Å². The number of ether oxygens (including phenoxy) is 2. The minimum Gasteiger partial charge on any atom is -0.495 e. The average Bonchev–Trinajstić information content (AvgIpc) is 2.40. The zero-order valence-electron chi connectivity index (χ0n) is 9.73. The second-order valence-electron chi connectivity index (χ2n) is 3.77. The Kier molecular flexibility index (Phi) is 3.95. The lowest BCUT2D eigenvalue weighted by molar-refractivity contribution is -0.120. The summed E-state index contributed by atoms with van der Waals surface area (Å²) < 4.78 is 10.4. The molecule has 17 heavy (non-hydrogen) atoms. The molecule has 1 saturated heterocycles. The molecule has 92 valence electrons. The van der Waals surface area contributed by atoms with Gasteiger partial charge in [0.15, 0.2) is 0 Å². The largest absolute Gasteiger partial charge is 0.495 e. The number of para-hydroxylation sites is 2. The molecule has 5 heteroatoms. The van der Waals surface area contributed by atoms with Crippen LogP contribution in [0.4, 0.5) is 5.69 Å². The van der Waals surface area contributed by atoms with Crippen LogP contribution in [-0.4, -0.2) is 38.8 Å². The predicted molar refractivity (Wildman–Crippen MR) is 64.2 cm³/mol. The van der Waals surface area contributed by atoms with E-state index >= 15 is 0 Å². The third-order valence-corrected chi connectivity index (χ3v) is 2.60. The Bertz CT molecular complexity index is 389. The van der Waals surface area contributed by atoms with Crippen molar-refractivity contribution in [2.45, 2.75) is 6.04 Å². The normalized spacial score (nSPS) is 19.7. The number of methoxy groups -OCH3 is 1. The van der Waals surface area contributed by atoms with Crippen molar-refractivity contribution in [3.8, 4) is 5.75 Å². The fourth-order valence-corrected chi connectivity index (χ4v) is 1.70. The second kappa shape index (κ2) is 5.65. The molecule has 2 rings (SSSR count). The minimum atomic E-state index is -0.298. The van der Waals surface area contributed by atoms with Crippen LogP contribution in [0.1, 0.15) is 0 Å². The maximum absolute atomic E-state index is 11.9. The van der Waals surface area contributed by atoms with Gasteiger partial charge in [-0.15, -0.1) is 0 Å². The van der Waals surface area contributed by atoms with E-state index in [1.807, 2.05) is 12.1 Å². The summed E-state index contributed by atoms with van der Waals surface area (Å²) in [6, 6.07) is 7.02. The number of rotatable bonds is 3. The maximum Gasteiger partial charge on any atom is 0.244 e. The van der Waals surface area contributed by atoms with Gasteiger partial charge in [-0.2, -0.15) is 0 Å². The summed E-state index contributed by atoms with van der Waals surface area (Å²) in [5.41, 5.74) is 0.673. The Labute approximate surface area is 100 Å². The highest BCUT2D eigenvalue weighted by Gasteiger charge is 2.21. The van der Waals surface area contributed by atoms with Crippen molar-refractivity contribution in [3.63, 3.8) is 0 Å². The van der Waals surface area contributed by atoms with Gasteiger partial charge in [-0.05, 0) is 12.1 Å². The molecular formula is C12H16N2O3. The number of amides is 1. The predicted octanol–water partition coefficient (Wildman–Crippen LogP) is 0.622. The first-order valence-corrected chi connectivity index (χ1v) is 5.56. The monoisotopic (exact) mass is 236 g/mol. The molecule has 5 nitrogen and oxygen atoms in total. The minimum absolute atomic E-state index is 0.103. The summed E-state index contributed by atoms with van der Waals surface area (Å²) in [5, 5.41) is 5.92. The van der Waals surface area contributed by atoms with Crippen molar-refractivity contribution in [1.29, 1.82) is 0 Å². The lowest BCUT2D eigenvalue weighted by atomic mass is 10.2. The van der Waals surface area contributed by atoms with E-state index in [1.54, 1.807) is 19.2 Å². The van der Waals surface area contributed by atoms with Gasteiger partial charge in [0.25, 0.3) is 0 Å². The van der Waals surface area contributed by atoms with Gasteiger partial charge >= 0.3 is 0 Å². The molecule has 1 heterocycles. The van der Waals surface area contributed by atoms with E-state index in [1.165, 1.54) is 0 Å². The third-order valence-electron chi connectivity index (χ3n) is 2.60. The summed E-state index contributed by atoms with van der Waals surface area (Å²) in [5.74, 6) is 0.548. The number of morpholine rings is 1. The quantitative estimate of drug-likeness (QED) is 0.808. The van der Waals surface area contributed by atoms with Crippen molar-refractivity contribution in [3.05, 3.63) is 24.3 Å². The van der Waals surface area contributed by atoms with Gasteiger partial charge in [0, 0.05) is 6.54 Å². The standard InChI is InChI=1S/C12H16N2O3/c1-16-11-5-3-2-4-9(11)14-12(15)10-8-17-7-6-13-10/h2-5,10,13H,6-8H2,1H3,(H,14,15)/t10-/m1/s1. The first-order chi connectivity index (χ1) is 8.31. The number of hydrogen-bond donors (Lipinski definition) is 2. The van der Waals surface area contributed by atoms with E-state index in [0.717, 1.165) is 0 Å². The number of hydrogen-bond acceptors (Lipinski definition) is 4. The van der Waals surface area contributed by atoms with E-state index in [4.69, 9.17) is 9.47 Å². The Morgan fingerprint density at radius 3 is 3.06 bits per heavy atom. The highest BCUT2D eigenvalue weighted by atomic mass is 16.5. The van der Waals surface area contributed by atoms with Crippen LogP contribution in [0.25, 0.3) is 0 Å². The smallest absolute Gasteiger partial charge is 0.244 e. The van der Waals surface area contributed by atoms with Gasteiger partial charge in [0.05, 0.1) is 26.0 Å². The van der Waals surface area contributed by atoms with Crippen molar-refractivity contribution in [1.82, 2.24) is 5.32 Å². The van der Waals surface area contributed by atoms with Crippen molar-refractivity contribution in [2.24, 2.45) is 0 Å². The Morgan fingerprint density at radius 1 is 1.53 bits per heavy atom. The first kappa shape index (κ1) is 11.9. The molecule has 1 atom stereocenters. The molecular weight excluding hydrogens is 220 g/mol. The molecule has 1 amide bonds. The lowest BCUT2D eigenvalue weighted by Gasteiger charge is -2.23. The molecule has 1 aromatic rings. The van der Waals surface area contributed by atoms with E-state index < -0.39 is 0 Å². The Morgan fingerprint density at radius 2 is 2.35 bits per heavy atom. The molecule has 1 aliphatic heterocycles. The third kappa shape index (κ3) is 2.95. The van der Waals surface area contributed by atoms with Gasteiger partial charge in [-0.1, -0.05) is 12.1 Å². The maximum atomic E-state index is 11.9. The van der Waals surface area contributed by atoms with E-state index in [0.29, 0.717) is 31.2 Å². The SMILES string of the molecule is COc1ccccc1NC(=O)[C@H]1COCCN1. The fourth-order valence-electron chi connectivity index (χ4n) is 1.70. The Balaban J connectivity index is 2.01. The van der Waals surface area contributed by atoms with Crippen molar-refractivity contribution >= 4 is 11.6 Å². The second-order valence-corrected chi connectivity index (χ2v) is 3.77. The van der Waals surface area contributed by atoms with E-state index in [9.17, 15) is 4.79 Å². The lowest BCUT2D eigenvalue weighted by Crippen LogP contribution is -2.48. The topological polar surface area (TPSA) is 59.6 Å². The zero-order chi connectivity index (χ0) is 12.1. The number of nitrogens with one attached hydrogen (secondary N) is 2. The van der Waals surface area contributed by atoms with Crippen LogP contribution in [-0.2, 0) is 9.53 Å². The van der Waals surface area contributed by atoms with Gasteiger partial charge in [-0.25, -0.2) is 0 Å². The molecule has 0 radical (unpaired) electrons. The summed E-state index contributed by atoms with van der Waals surface area (Å²) in [6.07, 6.45) is 0.